The number of fused-ring (bicyclic) bond motifs is 1. The SMILES string of the molecule is CC(C)n1c(C2(CN)CC2)nc2ccccc21. The molecule has 1 saturated carbocycles. The van der Waals surface area contributed by atoms with E-state index in [2.05, 4.69) is 36.6 Å². The van der Waals surface area contributed by atoms with Gasteiger partial charge in [-0.1, -0.05) is 12.1 Å². The monoisotopic (exact) mass is 229 g/mol. The second-order valence-electron chi connectivity index (χ2n) is 5.37. The molecule has 2 N–H and O–H groups in total. The average molecular weight is 229 g/mol. The van der Waals surface area contributed by atoms with E-state index in [1.54, 1.807) is 0 Å². The van der Waals surface area contributed by atoms with Crippen molar-refractivity contribution in [1.29, 1.82) is 0 Å². The summed E-state index contributed by atoms with van der Waals surface area (Å²) in [5.41, 5.74) is 8.42. The van der Waals surface area contributed by atoms with Crippen molar-refractivity contribution in [2.24, 2.45) is 5.73 Å². The second-order valence-corrected chi connectivity index (χ2v) is 5.37. The van der Waals surface area contributed by atoms with Gasteiger partial charge in [0.1, 0.15) is 5.82 Å². The maximum Gasteiger partial charge on any atom is 0.117 e. The summed E-state index contributed by atoms with van der Waals surface area (Å²) in [6.45, 7) is 5.14. The molecule has 1 aromatic carbocycles. The van der Waals surface area contributed by atoms with Crippen molar-refractivity contribution in [3.63, 3.8) is 0 Å². The Labute approximate surface area is 102 Å². The first-order valence-corrected chi connectivity index (χ1v) is 6.35. The summed E-state index contributed by atoms with van der Waals surface area (Å²) < 4.78 is 2.36. The van der Waals surface area contributed by atoms with E-state index in [4.69, 9.17) is 10.7 Å². The number of para-hydroxylation sites is 2. The Morgan fingerprint density at radius 1 is 1.35 bits per heavy atom. The van der Waals surface area contributed by atoms with Gasteiger partial charge < -0.3 is 10.3 Å². The van der Waals surface area contributed by atoms with E-state index in [9.17, 15) is 0 Å². The molecule has 0 unspecified atom stereocenters. The van der Waals surface area contributed by atoms with Crippen LogP contribution in [0.3, 0.4) is 0 Å². The summed E-state index contributed by atoms with van der Waals surface area (Å²) in [7, 11) is 0. The Bertz CT molecular complexity index is 550. The minimum Gasteiger partial charge on any atom is -0.329 e. The number of nitrogens with two attached hydrogens (primary N) is 1. The highest BCUT2D eigenvalue weighted by Gasteiger charge is 2.47. The zero-order valence-corrected chi connectivity index (χ0v) is 10.5. The largest absolute Gasteiger partial charge is 0.329 e. The molecule has 0 saturated heterocycles. The number of hydrogen-bond donors (Lipinski definition) is 1. The third kappa shape index (κ3) is 1.49. The first-order chi connectivity index (χ1) is 8.18. The van der Waals surface area contributed by atoms with Gasteiger partial charge in [-0.3, -0.25) is 0 Å². The quantitative estimate of drug-likeness (QED) is 0.879. The topological polar surface area (TPSA) is 43.8 Å². The van der Waals surface area contributed by atoms with Crippen LogP contribution < -0.4 is 5.73 Å². The van der Waals surface area contributed by atoms with Gasteiger partial charge in [0, 0.05) is 18.0 Å². The molecule has 3 rings (SSSR count). The molecule has 0 bridgehead atoms. The predicted octanol–water partition coefficient (Wildman–Crippen LogP) is 2.61. The van der Waals surface area contributed by atoms with Crippen molar-refractivity contribution >= 4 is 11.0 Å². The molecular formula is C14H19N3. The van der Waals surface area contributed by atoms with Gasteiger partial charge in [-0.05, 0) is 38.8 Å². The van der Waals surface area contributed by atoms with Crippen molar-refractivity contribution in [2.75, 3.05) is 6.54 Å². The van der Waals surface area contributed by atoms with Gasteiger partial charge in [0.2, 0.25) is 0 Å². The lowest BCUT2D eigenvalue weighted by molar-refractivity contribution is 0.530. The molecule has 90 valence electrons. The maximum atomic E-state index is 5.94. The van der Waals surface area contributed by atoms with Gasteiger partial charge in [-0.25, -0.2) is 4.98 Å². The van der Waals surface area contributed by atoms with Gasteiger partial charge in [0.15, 0.2) is 0 Å². The van der Waals surface area contributed by atoms with Crippen LogP contribution >= 0.6 is 0 Å². The van der Waals surface area contributed by atoms with Crippen LogP contribution in [-0.2, 0) is 5.41 Å². The Morgan fingerprint density at radius 2 is 2.06 bits per heavy atom. The Balaban J connectivity index is 2.27. The predicted molar refractivity (Wildman–Crippen MR) is 70.1 cm³/mol. The van der Waals surface area contributed by atoms with Crippen LogP contribution in [0.15, 0.2) is 24.3 Å². The highest BCUT2D eigenvalue weighted by molar-refractivity contribution is 5.76. The van der Waals surface area contributed by atoms with E-state index < -0.39 is 0 Å². The molecule has 0 atom stereocenters. The van der Waals surface area contributed by atoms with E-state index in [0.29, 0.717) is 12.6 Å². The molecule has 3 nitrogen and oxygen atoms in total. The lowest BCUT2D eigenvalue weighted by Gasteiger charge is -2.18. The average Bonchev–Trinajstić information content (AvgIpc) is 3.02. The summed E-state index contributed by atoms with van der Waals surface area (Å²) >= 11 is 0. The van der Waals surface area contributed by atoms with Gasteiger partial charge in [0.05, 0.1) is 11.0 Å². The molecule has 0 amide bonds. The molecule has 1 fully saturated rings. The fourth-order valence-electron chi connectivity index (χ4n) is 2.61. The van der Waals surface area contributed by atoms with Gasteiger partial charge in [-0.15, -0.1) is 0 Å². The van der Waals surface area contributed by atoms with Crippen molar-refractivity contribution in [1.82, 2.24) is 9.55 Å². The van der Waals surface area contributed by atoms with Crippen molar-refractivity contribution in [2.45, 2.75) is 38.1 Å². The normalized spacial score (nSPS) is 17.9. The maximum absolute atomic E-state index is 5.94. The minimum absolute atomic E-state index is 0.156. The van der Waals surface area contributed by atoms with Gasteiger partial charge in [-0.2, -0.15) is 0 Å². The third-order valence-corrected chi connectivity index (χ3v) is 3.83. The molecule has 0 aliphatic heterocycles. The number of aromatic nitrogens is 2. The summed E-state index contributed by atoms with van der Waals surface area (Å²) in [5, 5.41) is 0. The number of rotatable bonds is 3. The summed E-state index contributed by atoms with van der Waals surface area (Å²) in [4.78, 5) is 4.82. The molecule has 0 radical (unpaired) electrons. The molecule has 1 heterocycles. The number of nitrogens with zero attached hydrogens (tertiary/aromatic N) is 2. The lowest BCUT2D eigenvalue weighted by atomic mass is 10.1. The lowest BCUT2D eigenvalue weighted by Crippen LogP contribution is -2.25. The number of benzene rings is 1. The van der Waals surface area contributed by atoms with Gasteiger partial charge >= 0.3 is 0 Å². The second kappa shape index (κ2) is 3.57. The molecule has 2 aromatic rings. The first kappa shape index (κ1) is 10.8. The first-order valence-electron chi connectivity index (χ1n) is 6.35. The van der Waals surface area contributed by atoms with Crippen molar-refractivity contribution < 1.29 is 0 Å². The van der Waals surface area contributed by atoms with Crippen molar-refractivity contribution in [3.8, 4) is 0 Å². The number of hydrogen-bond acceptors (Lipinski definition) is 2. The summed E-state index contributed by atoms with van der Waals surface area (Å²) in [6, 6.07) is 8.80. The Kier molecular flexibility index (Phi) is 2.26. The summed E-state index contributed by atoms with van der Waals surface area (Å²) in [5.74, 6) is 1.19. The zero-order chi connectivity index (χ0) is 12.0. The fraction of sp³-hybridized carbons (Fsp3) is 0.500. The standard InChI is InChI=1S/C14H19N3/c1-10(2)17-12-6-4-3-5-11(12)16-13(17)14(9-15)7-8-14/h3-6,10H,7-9,15H2,1-2H3. The van der Waals surface area contributed by atoms with E-state index >= 15 is 0 Å². The van der Waals surface area contributed by atoms with E-state index in [1.165, 1.54) is 24.2 Å². The zero-order valence-electron chi connectivity index (χ0n) is 10.5. The third-order valence-electron chi connectivity index (χ3n) is 3.83. The van der Waals surface area contributed by atoms with Crippen LogP contribution in [0.1, 0.15) is 38.6 Å². The van der Waals surface area contributed by atoms with Crippen LogP contribution in [0, 0.1) is 0 Å². The minimum atomic E-state index is 0.156. The van der Waals surface area contributed by atoms with Crippen LogP contribution in [0.25, 0.3) is 11.0 Å². The van der Waals surface area contributed by atoms with Crippen LogP contribution in [-0.4, -0.2) is 16.1 Å². The molecule has 1 aliphatic carbocycles. The van der Waals surface area contributed by atoms with Crippen LogP contribution in [0.2, 0.25) is 0 Å². The molecule has 3 heteroatoms. The Hall–Kier alpha value is -1.35. The smallest absolute Gasteiger partial charge is 0.117 e. The highest BCUT2D eigenvalue weighted by atomic mass is 15.1. The molecule has 0 spiro atoms. The van der Waals surface area contributed by atoms with Gasteiger partial charge in [0.25, 0.3) is 0 Å². The highest BCUT2D eigenvalue weighted by Crippen LogP contribution is 2.48. The fourth-order valence-corrected chi connectivity index (χ4v) is 2.61. The molecule has 17 heavy (non-hydrogen) atoms. The number of imidazole rings is 1. The van der Waals surface area contributed by atoms with E-state index in [-0.39, 0.29) is 5.41 Å². The van der Waals surface area contributed by atoms with Crippen LogP contribution in [0.5, 0.6) is 0 Å². The van der Waals surface area contributed by atoms with Crippen molar-refractivity contribution in [3.05, 3.63) is 30.1 Å². The molecular weight excluding hydrogens is 210 g/mol. The molecule has 1 aromatic heterocycles. The Morgan fingerprint density at radius 3 is 2.65 bits per heavy atom. The van der Waals surface area contributed by atoms with E-state index in [1.807, 2.05) is 6.07 Å². The van der Waals surface area contributed by atoms with E-state index in [0.717, 1.165) is 5.52 Å². The van der Waals surface area contributed by atoms with Crippen LogP contribution in [0.4, 0.5) is 0 Å². The summed E-state index contributed by atoms with van der Waals surface area (Å²) in [6.07, 6.45) is 2.36. The molecule has 1 aliphatic rings.